The minimum Gasteiger partial charge on any atom is -0.476 e. The minimum absolute atomic E-state index is 0.0202. The number of carbonyl (C=O) groups excluding carboxylic acids is 1. The number of rotatable bonds is 4. The molecule has 1 aromatic heterocycles. The Bertz CT molecular complexity index is 761. The van der Waals surface area contributed by atoms with Crippen LogP contribution in [-0.4, -0.2) is 51.7 Å². The van der Waals surface area contributed by atoms with Crippen LogP contribution in [0.25, 0.3) is 0 Å². The van der Waals surface area contributed by atoms with E-state index in [0.29, 0.717) is 25.5 Å². The third kappa shape index (κ3) is 3.51. The summed E-state index contributed by atoms with van der Waals surface area (Å²) in [6.45, 7) is 4.07. The van der Waals surface area contributed by atoms with E-state index in [2.05, 4.69) is 16.3 Å². The first-order valence-corrected chi connectivity index (χ1v) is 7.68. The van der Waals surface area contributed by atoms with E-state index in [1.165, 1.54) is 11.6 Å². The maximum atomic E-state index is 12.4. The summed E-state index contributed by atoms with van der Waals surface area (Å²) < 4.78 is 0. The van der Waals surface area contributed by atoms with Crippen LogP contribution in [0.1, 0.15) is 21.6 Å². The molecule has 0 spiro atoms. The second-order valence-electron chi connectivity index (χ2n) is 5.81. The Morgan fingerprint density at radius 3 is 2.67 bits per heavy atom. The number of aromatic nitrogens is 2. The molecule has 3 rings (SSSR count). The van der Waals surface area contributed by atoms with E-state index in [9.17, 15) is 9.59 Å². The van der Waals surface area contributed by atoms with Crippen LogP contribution in [0.5, 0.6) is 0 Å². The van der Waals surface area contributed by atoms with Crippen LogP contribution < -0.4 is 4.90 Å². The van der Waals surface area contributed by atoms with E-state index in [4.69, 9.17) is 5.11 Å². The van der Waals surface area contributed by atoms with E-state index in [1.54, 1.807) is 6.07 Å². The number of carbonyl (C=O) groups is 2. The van der Waals surface area contributed by atoms with Gasteiger partial charge in [-0.2, -0.15) is 0 Å². The molecule has 0 aliphatic carbocycles. The molecule has 1 saturated heterocycles. The monoisotopic (exact) mass is 326 g/mol. The number of nitrogens with zero attached hydrogens (tertiary/aromatic N) is 4. The number of hydrogen-bond acceptors (Lipinski definition) is 5. The summed E-state index contributed by atoms with van der Waals surface area (Å²) >= 11 is 0. The number of carboxylic acid groups (broad SMARTS) is 1. The fourth-order valence-corrected chi connectivity index (χ4v) is 2.71. The van der Waals surface area contributed by atoms with E-state index in [1.807, 2.05) is 34.9 Å². The van der Waals surface area contributed by atoms with Crippen molar-refractivity contribution in [3.05, 3.63) is 53.2 Å². The Labute approximate surface area is 139 Å². The molecule has 1 N–H and O–H groups in total. The molecule has 2 heterocycles. The first kappa shape index (κ1) is 15.9. The third-order valence-corrected chi connectivity index (χ3v) is 3.97. The van der Waals surface area contributed by atoms with Gasteiger partial charge in [0.2, 0.25) is 5.91 Å². The van der Waals surface area contributed by atoms with Crippen molar-refractivity contribution in [2.24, 2.45) is 0 Å². The molecule has 1 aliphatic heterocycles. The van der Waals surface area contributed by atoms with Gasteiger partial charge in [0.05, 0.1) is 6.54 Å². The van der Waals surface area contributed by atoms with Crippen molar-refractivity contribution < 1.29 is 14.7 Å². The summed E-state index contributed by atoms with van der Waals surface area (Å²) in [6, 6.07) is 11.1. The van der Waals surface area contributed by atoms with Gasteiger partial charge in [0, 0.05) is 19.6 Å². The molecule has 1 fully saturated rings. The Hall–Kier alpha value is -2.96. The maximum Gasteiger partial charge on any atom is 0.356 e. The van der Waals surface area contributed by atoms with E-state index in [-0.39, 0.29) is 18.1 Å². The Balaban J connectivity index is 1.64. The molecule has 2 aromatic rings. The highest BCUT2D eigenvalue weighted by atomic mass is 16.4. The van der Waals surface area contributed by atoms with Crippen LogP contribution in [0.4, 0.5) is 5.82 Å². The Morgan fingerprint density at radius 1 is 1.21 bits per heavy atom. The molecule has 1 aliphatic rings. The van der Waals surface area contributed by atoms with E-state index < -0.39 is 5.97 Å². The number of hydrogen-bond donors (Lipinski definition) is 1. The standard InChI is InChI=1S/C17H18N4O3/c1-12-3-2-4-13(9-12)10-21-8-7-20(11-16(21)22)15-6-5-14(17(23)24)18-19-15/h2-6,9H,7-8,10-11H2,1H3,(H,23,24). The minimum atomic E-state index is -1.12. The average Bonchev–Trinajstić information content (AvgIpc) is 2.57. The normalized spacial score (nSPS) is 14.8. The zero-order valence-corrected chi connectivity index (χ0v) is 13.3. The highest BCUT2D eigenvalue weighted by Crippen LogP contribution is 2.16. The third-order valence-electron chi connectivity index (χ3n) is 3.97. The van der Waals surface area contributed by atoms with Gasteiger partial charge in [-0.05, 0) is 24.6 Å². The quantitative estimate of drug-likeness (QED) is 0.912. The first-order chi connectivity index (χ1) is 11.5. The highest BCUT2D eigenvalue weighted by molar-refractivity contribution is 5.85. The zero-order chi connectivity index (χ0) is 17.1. The van der Waals surface area contributed by atoms with Gasteiger partial charge in [0.15, 0.2) is 11.5 Å². The fraction of sp³-hybridized carbons (Fsp3) is 0.294. The van der Waals surface area contributed by atoms with E-state index >= 15 is 0 Å². The zero-order valence-electron chi connectivity index (χ0n) is 13.3. The average molecular weight is 326 g/mol. The largest absolute Gasteiger partial charge is 0.476 e. The highest BCUT2D eigenvalue weighted by Gasteiger charge is 2.25. The van der Waals surface area contributed by atoms with Crippen molar-refractivity contribution in [1.82, 2.24) is 15.1 Å². The molecule has 7 heteroatoms. The molecule has 0 unspecified atom stereocenters. The number of anilines is 1. The maximum absolute atomic E-state index is 12.4. The van der Waals surface area contributed by atoms with Crippen LogP contribution in [0, 0.1) is 6.92 Å². The fourth-order valence-electron chi connectivity index (χ4n) is 2.71. The second kappa shape index (κ2) is 6.66. The summed E-state index contributed by atoms with van der Waals surface area (Å²) in [5.41, 5.74) is 2.18. The van der Waals surface area contributed by atoms with Gasteiger partial charge < -0.3 is 14.9 Å². The molecule has 1 aromatic carbocycles. The van der Waals surface area contributed by atoms with Gasteiger partial charge >= 0.3 is 5.97 Å². The molecular formula is C17H18N4O3. The number of amides is 1. The lowest BCUT2D eigenvalue weighted by molar-refractivity contribution is -0.131. The summed E-state index contributed by atoms with van der Waals surface area (Å²) in [5.74, 6) is -0.580. The van der Waals surface area contributed by atoms with Gasteiger partial charge in [-0.25, -0.2) is 4.79 Å². The van der Waals surface area contributed by atoms with Crippen molar-refractivity contribution >= 4 is 17.7 Å². The van der Waals surface area contributed by atoms with Crippen molar-refractivity contribution in [3.63, 3.8) is 0 Å². The number of benzene rings is 1. The number of piperazine rings is 1. The summed E-state index contributed by atoms with van der Waals surface area (Å²) in [7, 11) is 0. The molecule has 0 saturated carbocycles. The molecule has 7 nitrogen and oxygen atoms in total. The molecule has 0 radical (unpaired) electrons. The van der Waals surface area contributed by atoms with Crippen LogP contribution >= 0.6 is 0 Å². The van der Waals surface area contributed by atoms with Gasteiger partial charge in [0.1, 0.15) is 0 Å². The lowest BCUT2D eigenvalue weighted by atomic mass is 10.1. The summed E-state index contributed by atoms with van der Waals surface area (Å²) in [5, 5.41) is 16.4. The Kier molecular flexibility index (Phi) is 4.41. The summed E-state index contributed by atoms with van der Waals surface area (Å²) in [6.07, 6.45) is 0. The predicted molar refractivity (Wildman–Crippen MR) is 87.8 cm³/mol. The summed E-state index contributed by atoms with van der Waals surface area (Å²) in [4.78, 5) is 26.8. The first-order valence-electron chi connectivity index (χ1n) is 7.68. The molecule has 24 heavy (non-hydrogen) atoms. The molecule has 124 valence electrons. The number of aryl methyl sites for hydroxylation is 1. The number of aromatic carboxylic acids is 1. The van der Waals surface area contributed by atoms with Crippen LogP contribution in [0.2, 0.25) is 0 Å². The Morgan fingerprint density at radius 2 is 2.04 bits per heavy atom. The topological polar surface area (TPSA) is 86.6 Å². The van der Waals surface area contributed by atoms with Crippen molar-refractivity contribution in [1.29, 1.82) is 0 Å². The van der Waals surface area contributed by atoms with Crippen molar-refractivity contribution in [2.45, 2.75) is 13.5 Å². The molecule has 0 atom stereocenters. The van der Waals surface area contributed by atoms with E-state index in [0.717, 1.165) is 5.56 Å². The van der Waals surface area contributed by atoms with Crippen LogP contribution in [0.3, 0.4) is 0 Å². The predicted octanol–water partition coefficient (Wildman–Crippen LogP) is 1.33. The van der Waals surface area contributed by atoms with Gasteiger partial charge in [-0.3, -0.25) is 4.79 Å². The SMILES string of the molecule is Cc1cccc(CN2CCN(c3ccc(C(=O)O)nn3)CC2=O)c1. The van der Waals surface area contributed by atoms with Gasteiger partial charge in [-0.1, -0.05) is 29.8 Å². The number of carboxylic acids is 1. The van der Waals surface area contributed by atoms with Crippen molar-refractivity contribution in [3.8, 4) is 0 Å². The second-order valence-corrected chi connectivity index (χ2v) is 5.81. The lowest BCUT2D eigenvalue weighted by Crippen LogP contribution is -2.50. The smallest absolute Gasteiger partial charge is 0.356 e. The van der Waals surface area contributed by atoms with Gasteiger partial charge in [0.25, 0.3) is 0 Å². The lowest BCUT2D eigenvalue weighted by Gasteiger charge is -2.34. The van der Waals surface area contributed by atoms with Crippen LogP contribution in [-0.2, 0) is 11.3 Å². The molecular weight excluding hydrogens is 308 g/mol. The van der Waals surface area contributed by atoms with Crippen molar-refractivity contribution in [2.75, 3.05) is 24.5 Å². The van der Waals surface area contributed by atoms with Gasteiger partial charge in [-0.15, -0.1) is 10.2 Å². The molecule has 1 amide bonds. The van der Waals surface area contributed by atoms with Crippen LogP contribution in [0.15, 0.2) is 36.4 Å². The molecule has 0 bridgehead atoms.